The molecule has 5 nitrogen and oxygen atoms in total. The Balaban J connectivity index is 1.41. The summed E-state index contributed by atoms with van der Waals surface area (Å²) in [6, 6.07) is 10.9. The van der Waals surface area contributed by atoms with E-state index >= 15 is 0 Å². The van der Waals surface area contributed by atoms with E-state index in [0.29, 0.717) is 6.04 Å². The number of carbonyl (C=O) groups excluding carboxylic acids is 1. The summed E-state index contributed by atoms with van der Waals surface area (Å²) < 4.78 is 2.32. The van der Waals surface area contributed by atoms with Crippen molar-refractivity contribution in [3.05, 3.63) is 47.3 Å². The third-order valence-electron chi connectivity index (χ3n) is 6.10. The molecule has 1 aliphatic carbocycles. The molecule has 0 radical (unpaired) electrons. The van der Waals surface area contributed by atoms with Crippen LogP contribution >= 0.6 is 0 Å². The van der Waals surface area contributed by atoms with Crippen LogP contribution in [0, 0.1) is 13.8 Å². The molecule has 0 atom stereocenters. The highest BCUT2D eigenvalue weighted by Gasteiger charge is 2.28. The Hall–Kier alpha value is -2.27. The van der Waals surface area contributed by atoms with E-state index in [1.165, 1.54) is 43.9 Å². The Morgan fingerprint density at radius 2 is 1.81 bits per heavy atom. The minimum absolute atomic E-state index is 0.0112. The van der Waals surface area contributed by atoms with E-state index in [1.54, 1.807) is 4.90 Å². The molecule has 1 saturated heterocycles. The van der Waals surface area contributed by atoms with Gasteiger partial charge in [-0.2, -0.15) is 0 Å². The number of aromatic nitrogens is 1. The van der Waals surface area contributed by atoms with E-state index in [-0.39, 0.29) is 5.91 Å². The van der Waals surface area contributed by atoms with Crippen molar-refractivity contribution < 1.29 is 9.69 Å². The highest BCUT2D eigenvalue weighted by Crippen LogP contribution is 2.38. The summed E-state index contributed by atoms with van der Waals surface area (Å²) in [7, 11) is 0. The predicted molar refractivity (Wildman–Crippen MR) is 110 cm³/mol. The Bertz CT molecular complexity index is 812. The molecule has 0 unspecified atom stereocenters. The number of rotatable bonds is 5. The number of amides is 1. The van der Waals surface area contributed by atoms with Crippen molar-refractivity contribution in [2.24, 2.45) is 0 Å². The fourth-order valence-corrected chi connectivity index (χ4v) is 4.29. The molecule has 2 N–H and O–H groups in total. The van der Waals surface area contributed by atoms with Gasteiger partial charge < -0.3 is 19.7 Å². The third kappa shape index (κ3) is 3.74. The standard InChI is InChI=1S/C22H30N4O/c1-4-24-11-13-25(14-12-24)19-7-5-18(6-8-19)23-22(27)21-15-16(2)26(17(21)3)20-9-10-20/h5-8,15,20H,4,9-14H2,1-3H3,(H,23,27)/p+1. The van der Waals surface area contributed by atoms with Crippen LogP contribution in [0.3, 0.4) is 0 Å². The van der Waals surface area contributed by atoms with Crippen LogP contribution in [0.15, 0.2) is 30.3 Å². The maximum Gasteiger partial charge on any atom is 0.257 e. The zero-order valence-corrected chi connectivity index (χ0v) is 16.7. The molecule has 1 aromatic heterocycles. The van der Waals surface area contributed by atoms with E-state index in [4.69, 9.17) is 0 Å². The monoisotopic (exact) mass is 367 g/mol. The first-order valence-corrected chi connectivity index (χ1v) is 10.2. The van der Waals surface area contributed by atoms with Crippen molar-refractivity contribution in [3.8, 4) is 0 Å². The largest absolute Gasteiger partial charge is 0.360 e. The maximum absolute atomic E-state index is 12.8. The Kier molecular flexibility index (Phi) is 4.96. The van der Waals surface area contributed by atoms with E-state index in [0.717, 1.165) is 30.0 Å². The molecule has 2 aromatic rings. The number of hydrogen-bond donors (Lipinski definition) is 2. The summed E-state index contributed by atoms with van der Waals surface area (Å²) in [5.41, 5.74) is 5.17. The smallest absolute Gasteiger partial charge is 0.257 e. The maximum atomic E-state index is 12.8. The summed E-state index contributed by atoms with van der Waals surface area (Å²) in [5, 5.41) is 3.07. The molecule has 27 heavy (non-hydrogen) atoms. The molecule has 2 aliphatic rings. The Morgan fingerprint density at radius 1 is 1.15 bits per heavy atom. The summed E-state index contributed by atoms with van der Waals surface area (Å²) >= 11 is 0. The number of carbonyl (C=O) groups is 1. The first-order valence-electron chi connectivity index (χ1n) is 10.2. The highest BCUT2D eigenvalue weighted by molar-refractivity contribution is 6.05. The van der Waals surface area contributed by atoms with Crippen LogP contribution < -0.4 is 15.1 Å². The fourth-order valence-electron chi connectivity index (χ4n) is 4.29. The Labute approximate surface area is 162 Å². The second-order valence-electron chi connectivity index (χ2n) is 7.98. The molecule has 0 bridgehead atoms. The van der Waals surface area contributed by atoms with Gasteiger partial charge in [-0.25, -0.2) is 0 Å². The molecule has 144 valence electrons. The van der Waals surface area contributed by atoms with Gasteiger partial charge in [-0.3, -0.25) is 4.79 Å². The molecule has 0 spiro atoms. The Morgan fingerprint density at radius 3 is 2.41 bits per heavy atom. The van der Waals surface area contributed by atoms with Crippen LogP contribution in [-0.2, 0) is 0 Å². The van der Waals surface area contributed by atoms with Gasteiger partial charge in [0.25, 0.3) is 5.91 Å². The topological polar surface area (TPSA) is 41.7 Å². The van der Waals surface area contributed by atoms with Gasteiger partial charge >= 0.3 is 0 Å². The van der Waals surface area contributed by atoms with Crippen LogP contribution in [0.4, 0.5) is 11.4 Å². The van der Waals surface area contributed by atoms with Gasteiger partial charge in [-0.15, -0.1) is 0 Å². The summed E-state index contributed by atoms with van der Waals surface area (Å²) in [5.74, 6) is -0.0112. The first-order chi connectivity index (χ1) is 13.1. The number of anilines is 2. The number of piperazine rings is 1. The van der Waals surface area contributed by atoms with Crippen LogP contribution in [0.1, 0.15) is 47.6 Å². The fraction of sp³-hybridized carbons (Fsp3) is 0.500. The van der Waals surface area contributed by atoms with Crippen LogP contribution in [0.25, 0.3) is 0 Å². The zero-order chi connectivity index (χ0) is 19.0. The molecule has 2 heterocycles. The quantitative estimate of drug-likeness (QED) is 0.852. The number of hydrogen-bond acceptors (Lipinski definition) is 2. The average Bonchev–Trinajstić information content (AvgIpc) is 3.47. The van der Waals surface area contributed by atoms with Crippen molar-refractivity contribution in [3.63, 3.8) is 0 Å². The SMILES string of the molecule is CC[NH+]1CCN(c2ccc(NC(=O)c3cc(C)n(C4CC4)c3C)cc2)CC1. The van der Waals surface area contributed by atoms with Gasteiger partial charge in [-0.05, 0) is 63.9 Å². The van der Waals surface area contributed by atoms with Crippen molar-refractivity contribution in [1.29, 1.82) is 0 Å². The van der Waals surface area contributed by atoms with E-state index in [9.17, 15) is 4.79 Å². The number of benzene rings is 1. The van der Waals surface area contributed by atoms with Gasteiger partial charge in [0.2, 0.25) is 0 Å². The van der Waals surface area contributed by atoms with Gasteiger partial charge in [0.05, 0.1) is 38.3 Å². The van der Waals surface area contributed by atoms with E-state index < -0.39 is 0 Å². The lowest BCUT2D eigenvalue weighted by atomic mass is 10.2. The molecule has 2 fully saturated rings. The number of nitrogens with zero attached hydrogens (tertiary/aromatic N) is 2. The number of aryl methyl sites for hydroxylation is 1. The number of nitrogens with one attached hydrogen (secondary N) is 2. The highest BCUT2D eigenvalue weighted by atomic mass is 16.1. The summed E-state index contributed by atoms with van der Waals surface area (Å²) in [6.45, 7) is 12.2. The molecule has 4 rings (SSSR count). The second-order valence-corrected chi connectivity index (χ2v) is 7.98. The molecular weight excluding hydrogens is 336 g/mol. The minimum atomic E-state index is -0.0112. The summed E-state index contributed by atoms with van der Waals surface area (Å²) in [6.07, 6.45) is 2.46. The zero-order valence-electron chi connectivity index (χ0n) is 16.7. The second kappa shape index (κ2) is 7.39. The lowest BCUT2D eigenvalue weighted by molar-refractivity contribution is -0.898. The lowest BCUT2D eigenvalue weighted by Crippen LogP contribution is -3.14. The van der Waals surface area contributed by atoms with E-state index in [2.05, 4.69) is 47.7 Å². The third-order valence-corrected chi connectivity index (χ3v) is 6.10. The predicted octanol–water partition coefficient (Wildman–Crippen LogP) is 2.42. The average molecular weight is 368 g/mol. The molecule has 5 heteroatoms. The van der Waals surface area contributed by atoms with Crippen LogP contribution in [-0.4, -0.2) is 43.2 Å². The van der Waals surface area contributed by atoms with Gasteiger partial charge in [0.15, 0.2) is 0 Å². The van der Waals surface area contributed by atoms with Crippen molar-refractivity contribution in [1.82, 2.24) is 4.57 Å². The normalized spacial score (nSPS) is 18.0. The lowest BCUT2D eigenvalue weighted by Gasteiger charge is -2.33. The molecular formula is C22H31N4O+. The first kappa shape index (κ1) is 18.1. The molecule has 1 saturated carbocycles. The number of likely N-dealkylation sites (N-methyl/N-ethyl adjacent to an activating group) is 1. The van der Waals surface area contributed by atoms with Gasteiger partial charge in [0, 0.05) is 28.8 Å². The van der Waals surface area contributed by atoms with Gasteiger partial charge in [-0.1, -0.05) is 0 Å². The molecule has 1 aliphatic heterocycles. The molecule has 1 amide bonds. The van der Waals surface area contributed by atoms with Crippen molar-refractivity contribution in [2.45, 2.75) is 39.7 Å². The minimum Gasteiger partial charge on any atom is -0.360 e. The van der Waals surface area contributed by atoms with Gasteiger partial charge in [0.1, 0.15) is 0 Å². The van der Waals surface area contributed by atoms with Crippen LogP contribution in [0.2, 0.25) is 0 Å². The van der Waals surface area contributed by atoms with Crippen molar-refractivity contribution >= 4 is 17.3 Å². The molecule has 1 aromatic carbocycles. The van der Waals surface area contributed by atoms with Crippen LogP contribution in [0.5, 0.6) is 0 Å². The number of quaternary nitrogens is 1. The van der Waals surface area contributed by atoms with Crippen molar-refractivity contribution in [2.75, 3.05) is 42.9 Å². The van der Waals surface area contributed by atoms with E-state index in [1.807, 2.05) is 18.2 Å². The summed E-state index contributed by atoms with van der Waals surface area (Å²) in [4.78, 5) is 16.9.